The number of nitrogens with one attached hydrogen (secondary N) is 1. The van der Waals surface area contributed by atoms with Crippen molar-refractivity contribution >= 4 is 29.0 Å². The van der Waals surface area contributed by atoms with E-state index in [0.29, 0.717) is 55.9 Å². The number of aryl methyl sites for hydroxylation is 1. The van der Waals surface area contributed by atoms with Gasteiger partial charge in [-0.2, -0.15) is 13.2 Å². The molecule has 1 amide bonds. The summed E-state index contributed by atoms with van der Waals surface area (Å²) in [6.45, 7) is 2.29. The van der Waals surface area contributed by atoms with Gasteiger partial charge >= 0.3 is 6.18 Å². The van der Waals surface area contributed by atoms with E-state index < -0.39 is 23.5 Å². The first kappa shape index (κ1) is 28.6. The fraction of sp³-hybridized carbons (Fsp3) is 0.276. The molecule has 1 aliphatic heterocycles. The zero-order chi connectivity index (χ0) is 28.8. The van der Waals surface area contributed by atoms with E-state index in [9.17, 15) is 22.4 Å². The van der Waals surface area contributed by atoms with E-state index >= 15 is 0 Å². The Labute approximate surface area is 238 Å². The molecule has 0 bridgehead atoms. The SMILES string of the molecule is O=C(CSc1nnc(-c2ccccc2F)n1CCc1ccccc1)Nc1cc(C(F)(F)F)ccc1N1CCOCC1. The Hall–Kier alpha value is -3.90. The average Bonchev–Trinajstić information content (AvgIpc) is 3.38. The number of carbonyl (C=O) groups excluding carboxylic acids is 1. The highest BCUT2D eigenvalue weighted by Crippen LogP contribution is 2.36. The largest absolute Gasteiger partial charge is 0.416 e. The van der Waals surface area contributed by atoms with Gasteiger partial charge in [0, 0.05) is 19.6 Å². The van der Waals surface area contributed by atoms with Crippen molar-refractivity contribution in [1.29, 1.82) is 0 Å². The number of amides is 1. The van der Waals surface area contributed by atoms with Crippen LogP contribution in [0.3, 0.4) is 0 Å². The average molecular weight is 586 g/mol. The molecular weight excluding hydrogens is 558 g/mol. The summed E-state index contributed by atoms with van der Waals surface area (Å²) in [4.78, 5) is 14.9. The van der Waals surface area contributed by atoms with Crippen LogP contribution in [0, 0.1) is 5.82 Å². The Morgan fingerprint density at radius 1 is 0.976 bits per heavy atom. The van der Waals surface area contributed by atoms with Crippen molar-refractivity contribution in [2.24, 2.45) is 0 Å². The lowest BCUT2D eigenvalue weighted by Crippen LogP contribution is -2.37. The van der Waals surface area contributed by atoms with Crippen molar-refractivity contribution in [2.45, 2.75) is 24.3 Å². The smallest absolute Gasteiger partial charge is 0.378 e. The van der Waals surface area contributed by atoms with E-state index in [0.717, 1.165) is 29.5 Å². The predicted octanol–water partition coefficient (Wildman–Crippen LogP) is 5.91. The molecule has 5 rings (SSSR count). The summed E-state index contributed by atoms with van der Waals surface area (Å²) >= 11 is 1.08. The lowest BCUT2D eigenvalue weighted by Gasteiger charge is -2.31. The highest BCUT2D eigenvalue weighted by atomic mass is 32.2. The second kappa shape index (κ2) is 12.7. The highest BCUT2D eigenvalue weighted by Gasteiger charge is 2.32. The minimum Gasteiger partial charge on any atom is -0.378 e. The third-order valence-corrected chi connectivity index (χ3v) is 7.55. The van der Waals surface area contributed by atoms with Gasteiger partial charge in [0.2, 0.25) is 5.91 Å². The van der Waals surface area contributed by atoms with Crippen LogP contribution in [-0.4, -0.2) is 52.7 Å². The van der Waals surface area contributed by atoms with Crippen molar-refractivity contribution in [3.05, 3.63) is 89.7 Å². The lowest BCUT2D eigenvalue weighted by molar-refractivity contribution is -0.137. The number of thioether (sulfide) groups is 1. The number of nitrogens with zero attached hydrogens (tertiary/aromatic N) is 4. The van der Waals surface area contributed by atoms with Gasteiger partial charge in [-0.05, 0) is 42.3 Å². The minimum absolute atomic E-state index is 0.0740. The molecule has 1 aliphatic rings. The molecular formula is C29H27F4N5O2S. The minimum atomic E-state index is -4.56. The van der Waals surface area contributed by atoms with Crippen molar-refractivity contribution < 1.29 is 27.1 Å². The van der Waals surface area contributed by atoms with Gasteiger partial charge in [0.1, 0.15) is 5.82 Å². The molecule has 41 heavy (non-hydrogen) atoms. The molecule has 1 N–H and O–H groups in total. The van der Waals surface area contributed by atoms with Gasteiger partial charge in [0.05, 0.1) is 41.5 Å². The summed E-state index contributed by atoms with van der Waals surface area (Å²) in [6, 6.07) is 19.3. The molecule has 1 saturated heterocycles. The molecule has 0 radical (unpaired) electrons. The molecule has 1 fully saturated rings. The van der Waals surface area contributed by atoms with Gasteiger partial charge in [-0.1, -0.05) is 54.2 Å². The molecule has 4 aromatic rings. The zero-order valence-electron chi connectivity index (χ0n) is 21.9. The molecule has 0 saturated carbocycles. The number of ether oxygens (including phenoxy) is 1. The van der Waals surface area contributed by atoms with Crippen LogP contribution in [0.5, 0.6) is 0 Å². The first-order chi connectivity index (χ1) is 19.8. The van der Waals surface area contributed by atoms with E-state index in [1.54, 1.807) is 22.8 Å². The number of rotatable bonds is 9. The van der Waals surface area contributed by atoms with Gasteiger partial charge in [0.25, 0.3) is 0 Å². The molecule has 1 aromatic heterocycles. The molecule has 2 heterocycles. The molecule has 3 aromatic carbocycles. The molecule has 0 atom stereocenters. The zero-order valence-corrected chi connectivity index (χ0v) is 22.7. The summed E-state index contributed by atoms with van der Waals surface area (Å²) in [7, 11) is 0. The third-order valence-electron chi connectivity index (χ3n) is 6.58. The van der Waals surface area contributed by atoms with Crippen LogP contribution >= 0.6 is 11.8 Å². The summed E-state index contributed by atoms with van der Waals surface area (Å²) < 4.78 is 62.2. The quantitative estimate of drug-likeness (QED) is 0.195. The highest BCUT2D eigenvalue weighted by molar-refractivity contribution is 7.99. The van der Waals surface area contributed by atoms with E-state index in [-0.39, 0.29) is 17.0 Å². The number of anilines is 2. The Bertz CT molecular complexity index is 1490. The van der Waals surface area contributed by atoms with Crippen LogP contribution in [0.4, 0.5) is 28.9 Å². The number of hydrogen-bond donors (Lipinski definition) is 1. The van der Waals surface area contributed by atoms with E-state index in [1.165, 1.54) is 12.1 Å². The summed E-state index contributed by atoms with van der Waals surface area (Å²) in [5, 5.41) is 11.5. The van der Waals surface area contributed by atoms with Gasteiger partial charge in [-0.3, -0.25) is 4.79 Å². The maximum atomic E-state index is 14.6. The van der Waals surface area contributed by atoms with Crippen molar-refractivity contribution in [3.63, 3.8) is 0 Å². The van der Waals surface area contributed by atoms with Gasteiger partial charge in [-0.15, -0.1) is 10.2 Å². The van der Waals surface area contributed by atoms with E-state index in [1.807, 2.05) is 35.2 Å². The van der Waals surface area contributed by atoms with E-state index in [2.05, 4.69) is 15.5 Å². The van der Waals surface area contributed by atoms with Gasteiger partial charge < -0.3 is 19.5 Å². The van der Waals surface area contributed by atoms with Crippen molar-refractivity contribution in [1.82, 2.24) is 14.8 Å². The number of halogens is 4. The van der Waals surface area contributed by atoms with Crippen molar-refractivity contribution in [2.75, 3.05) is 42.3 Å². The molecule has 0 spiro atoms. The molecule has 0 aliphatic carbocycles. The van der Waals surface area contributed by atoms with Crippen LogP contribution in [0.25, 0.3) is 11.4 Å². The third kappa shape index (κ3) is 7.06. The first-order valence-electron chi connectivity index (χ1n) is 13.0. The number of alkyl halides is 3. The first-order valence-corrected chi connectivity index (χ1v) is 14.0. The molecule has 214 valence electrons. The van der Waals surface area contributed by atoms with E-state index in [4.69, 9.17) is 4.74 Å². The molecule has 12 heteroatoms. The monoisotopic (exact) mass is 585 g/mol. The van der Waals surface area contributed by atoms with Crippen LogP contribution in [0.15, 0.2) is 78.0 Å². The normalized spacial score (nSPS) is 13.8. The Morgan fingerprint density at radius 2 is 1.71 bits per heavy atom. The number of morpholine rings is 1. The molecule has 7 nitrogen and oxygen atoms in total. The van der Waals surface area contributed by atoms with Gasteiger partial charge in [-0.25, -0.2) is 4.39 Å². The Kier molecular flexibility index (Phi) is 8.89. The van der Waals surface area contributed by atoms with Crippen LogP contribution in [0.2, 0.25) is 0 Å². The fourth-order valence-corrected chi connectivity index (χ4v) is 5.30. The number of hydrogen-bond acceptors (Lipinski definition) is 6. The van der Waals surface area contributed by atoms with Crippen molar-refractivity contribution in [3.8, 4) is 11.4 Å². The number of benzene rings is 3. The Morgan fingerprint density at radius 3 is 2.44 bits per heavy atom. The summed E-state index contributed by atoms with van der Waals surface area (Å²) in [6.07, 6.45) is -3.94. The predicted molar refractivity (Wildman–Crippen MR) is 149 cm³/mol. The standard InChI is InChI=1S/C29H27F4N5O2S/c30-23-9-5-4-8-22(23)27-35-36-28(38(27)13-12-20-6-2-1-3-7-20)41-19-26(39)34-24-18-21(29(31,32)33)10-11-25(24)37-14-16-40-17-15-37/h1-11,18H,12-17,19H2,(H,34,39). The summed E-state index contributed by atoms with van der Waals surface area (Å²) in [5.41, 5.74) is 1.06. The van der Waals surface area contributed by atoms with Gasteiger partial charge in [0.15, 0.2) is 11.0 Å². The van der Waals surface area contributed by atoms with Crippen LogP contribution in [0.1, 0.15) is 11.1 Å². The summed E-state index contributed by atoms with van der Waals surface area (Å²) in [5.74, 6) is -0.766. The number of carbonyl (C=O) groups is 1. The second-order valence-electron chi connectivity index (χ2n) is 9.34. The topological polar surface area (TPSA) is 72.3 Å². The maximum Gasteiger partial charge on any atom is 0.416 e. The fourth-order valence-electron chi connectivity index (χ4n) is 4.53. The second-order valence-corrected chi connectivity index (χ2v) is 10.3. The Balaban J connectivity index is 1.36. The molecule has 0 unspecified atom stereocenters. The number of aromatic nitrogens is 3. The lowest BCUT2D eigenvalue weighted by atomic mass is 10.1. The maximum absolute atomic E-state index is 14.6. The van der Waals surface area contributed by atoms with Crippen LogP contribution < -0.4 is 10.2 Å². The van der Waals surface area contributed by atoms with Crippen LogP contribution in [-0.2, 0) is 28.7 Å².